The smallest absolute Gasteiger partial charge is 0.259 e. The van der Waals surface area contributed by atoms with E-state index in [0.29, 0.717) is 17.4 Å². The van der Waals surface area contributed by atoms with E-state index in [1.165, 1.54) is 12.8 Å². The molecule has 21 heavy (non-hydrogen) atoms. The average molecular weight is 288 g/mol. The SMILES string of the molecule is COC1(c2noc(-c3cncc(N)c3)n2)CCCCCC1. The molecule has 1 saturated carbocycles. The Labute approximate surface area is 123 Å². The lowest BCUT2D eigenvalue weighted by molar-refractivity contribution is -0.0365. The molecule has 3 rings (SSSR count). The van der Waals surface area contributed by atoms with E-state index in [-0.39, 0.29) is 0 Å². The van der Waals surface area contributed by atoms with Gasteiger partial charge in [0.15, 0.2) is 0 Å². The number of hydrogen-bond donors (Lipinski definition) is 1. The van der Waals surface area contributed by atoms with Gasteiger partial charge in [-0.25, -0.2) is 0 Å². The van der Waals surface area contributed by atoms with Gasteiger partial charge in [-0.1, -0.05) is 30.8 Å². The molecule has 0 unspecified atom stereocenters. The van der Waals surface area contributed by atoms with Crippen molar-refractivity contribution in [2.75, 3.05) is 12.8 Å². The quantitative estimate of drug-likeness (QED) is 0.874. The molecular formula is C15H20N4O2. The van der Waals surface area contributed by atoms with E-state index in [2.05, 4.69) is 15.1 Å². The molecule has 2 heterocycles. The summed E-state index contributed by atoms with van der Waals surface area (Å²) in [5.41, 5.74) is 6.62. The largest absolute Gasteiger partial charge is 0.397 e. The van der Waals surface area contributed by atoms with Crippen LogP contribution in [0.2, 0.25) is 0 Å². The number of nitrogen functional groups attached to an aromatic ring is 1. The van der Waals surface area contributed by atoms with Crippen LogP contribution in [-0.2, 0) is 10.3 Å². The van der Waals surface area contributed by atoms with Gasteiger partial charge in [-0.05, 0) is 18.9 Å². The Morgan fingerprint density at radius 3 is 2.62 bits per heavy atom. The summed E-state index contributed by atoms with van der Waals surface area (Å²) in [4.78, 5) is 8.58. The van der Waals surface area contributed by atoms with Gasteiger partial charge in [0.2, 0.25) is 5.82 Å². The van der Waals surface area contributed by atoms with Gasteiger partial charge in [0.25, 0.3) is 5.89 Å². The van der Waals surface area contributed by atoms with Crippen molar-refractivity contribution in [2.24, 2.45) is 0 Å². The summed E-state index contributed by atoms with van der Waals surface area (Å²) in [5.74, 6) is 1.06. The lowest BCUT2D eigenvalue weighted by Gasteiger charge is -2.27. The molecule has 2 aromatic heterocycles. The van der Waals surface area contributed by atoms with Gasteiger partial charge in [0, 0.05) is 19.5 Å². The molecular weight excluding hydrogens is 268 g/mol. The normalized spacial score (nSPS) is 18.3. The number of nitrogens with two attached hydrogens (primary N) is 1. The molecule has 1 fully saturated rings. The molecule has 1 aliphatic carbocycles. The van der Waals surface area contributed by atoms with Crippen LogP contribution < -0.4 is 5.73 Å². The molecule has 0 amide bonds. The molecule has 2 N–H and O–H groups in total. The van der Waals surface area contributed by atoms with E-state index in [4.69, 9.17) is 15.0 Å². The molecule has 0 aliphatic heterocycles. The van der Waals surface area contributed by atoms with Crippen molar-refractivity contribution in [1.82, 2.24) is 15.1 Å². The zero-order valence-corrected chi connectivity index (χ0v) is 12.2. The van der Waals surface area contributed by atoms with E-state index in [9.17, 15) is 0 Å². The number of nitrogens with zero attached hydrogens (tertiary/aromatic N) is 3. The van der Waals surface area contributed by atoms with Crippen molar-refractivity contribution in [3.05, 3.63) is 24.3 Å². The highest BCUT2D eigenvalue weighted by atomic mass is 16.5. The monoisotopic (exact) mass is 288 g/mol. The second kappa shape index (κ2) is 5.81. The molecule has 0 saturated heterocycles. The van der Waals surface area contributed by atoms with E-state index in [0.717, 1.165) is 31.2 Å². The van der Waals surface area contributed by atoms with Crippen LogP contribution in [0.15, 0.2) is 23.0 Å². The molecule has 0 atom stereocenters. The fourth-order valence-electron chi connectivity index (χ4n) is 2.92. The summed E-state index contributed by atoms with van der Waals surface area (Å²) in [7, 11) is 1.73. The minimum absolute atomic E-state index is 0.425. The first kappa shape index (κ1) is 14.0. The Kier molecular flexibility index (Phi) is 3.88. The van der Waals surface area contributed by atoms with Crippen molar-refractivity contribution in [1.29, 1.82) is 0 Å². The molecule has 2 aromatic rings. The third-order valence-corrected chi connectivity index (χ3v) is 4.14. The van der Waals surface area contributed by atoms with E-state index in [1.807, 2.05) is 0 Å². The highest BCUT2D eigenvalue weighted by molar-refractivity contribution is 5.57. The Bertz CT molecular complexity index is 603. The molecule has 0 aromatic carbocycles. The van der Waals surface area contributed by atoms with Crippen LogP contribution in [0.25, 0.3) is 11.5 Å². The molecule has 6 heteroatoms. The highest BCUT2D eigenvalue weighted by Crippen LogP contribution is 2.38. The Morgan fingerprint density at radius 2 is 1.95 bits per heavy atom. The van der Waals surface area contributed by atoms with Crippen LogP contribution >= 0.6 is 0 Å². The highest BCUT2D eigenvalue weighted by Gasteiger charge is 2.37. The minimum Gasteiger partial charge on any atom is -0.397 e. The van der Waals surface area contributed by atoms with Crippen LogP contribution in [0.5, 0.6) is 0 Å². The maximum Gasteiger partial charge on any atom is 0.259 e. The van der Waals surface area contributed by atoms with Crippen LogP contribution in [-0.4, -0.2) is 22.2 Å². The lowest BCUT2D eigenvalue weighted by Crippen LogP contribution is -2.29. The van der Waals surface area contributed by atoms with Gasteiger partial charge in [0.1, 0.15) is 5.60 Å². The molecule has 0 spiro atoms. The topological polar surface area (TPSA) is 87.1 Å². The van der Waals surface area contributed by atoms with Crippen molar-refractivity contribution in [3.63, 3.8) is 0 Å². The van der Waals surface area contributed by atoms with Crippen LogP contribution in [0.3, 0.4) is 0 Å². The zero-order chi connectivity index (χ0) is 14.7. The van der Waals surface area contributed by atoms with Gasteiger partial charge in [-0.15, -0.1) is 0 Å². The first-order chi connectivity index (χ1) is 10.2. The number of anilines is 1. The molecule has 112 valence electrons. The van der Waals surface area contributed by atoms with Crippen LogP contribution in [0.1, 0.15) is 44.3 Å². The number of hydrogen-bond acceptors (Lipinski definition) is 6. The Hall–Kier alpha value is -1.95. The van der Waals surface area contributed by atoms with Gasteiger partial charge < -0.3 is 15.0 Å². The second-order valence-electron chi connectivity index (χ2n) is 5.54. The summed E-state index contributed by atoms with van der Waals surface area (Å²) in [6.45, 7) is 0. The molecule has 6 nitrogen and oxygen atoms in total. The van der Waals surface area contributed by atoms with Gasteiger partial charge in [-0.3, -0.25) is 4.98 Å². The average Bonchev–Trinajstić information content (AvgIpc) is 2.87. The summed E-state index contributed by atoms with van der Waals surface area (Å²) in [6.07, 6.45) is 9.82. The second-order valence-corrected chi connectivity index (χ2v) is 5.54. The number of rotatable bonds is 3. The number of methoxy groups -OCH3 is 1. The molecule has 0 radical (unpaired) electrons. The number of pyridine rings is 1. The van der Waals surface area contributed by atoms with Gasteiger partial charge >= 0.3 is 0 Å². The maximum atomic E-state index is 5.79. The van der Waals surface area contributed by atoms with Crippen LogP contribution in [0, 0.1) is 0 Å². The van der Waals surface area contributed by atoms with E-state index in [1.54, 1.807) is 25.6 Å². The van der Waals surface area contributed by atoms with Gasteiger partial charge in [0.05, 0.1) is 11.3 Å². The molecule has 1 aliphatic rings. The van der Waals surface area contributed by atoms with Crippen molar-refractivity contribution >= 4 is 5.69 Å². The van der Waals surface area contributed by atoms with Crippen molar-refractivity contribution < 1.29 is 9.26 Å². The van der Waals surface area contributed by atoms with Crippen molar-refractivity contribution in [2.45, 2.75) is 44.1 Å². The standard InChI is InChI=1S/C15H20N4O2/c1-20-15(6-4-2-3-5-7-15)14-18-13(21-19-14)11-8-12(16)10-17-9-11/h8-10H,2-7,16H2,1H3. The minimum atomic E-state index is -0.425. The van der Waals surface area contributed by atoms with E-state index < -0.39 is 5.60 Å². The fourth-order valence-corrected chi connectivity index (χ4v) is 2.92. The fraction of sp³-hybridized carbons (Fsp3) is 0.533. The molecule has 0 bridgehead atoms. The first-order valence-electron chi connectivity index (χ1n) is 7.34. The summed E-state index contributed by atoms with van der Waals surface area (Å²) < 4.78 is 11.2. The summed E-state index contributed by atoms with van der Waals surface area (Å²) in [5, 5.41) is 4.15. The zero-order valence-electron chi connectivity index (χ0n) is 12.2. The third kappa shape index (κ3) is 2.76. The Balaban J connectivity index is 1.92. The van der Waals surface area contributed by atoms with Gasteiger partial charge in [-0.2, -0.15) is 4.98 Å². The Morgan fingerprint density at radius 1 is 1.19 bits per heavy atom. The van der Waals surface area contributed by atoms with E-state index >= 15 is 0 Å². The number of ether oxygens (including phenoxy) is 1. The summed E-state index contributed by atoms with van der Waals surface area (Å²) >= 11 is 0. The lowest BCUT2D eigenvalue weighted by atomic mass is 9.93. The predicted molar refractivity (Wildman–Crippen MR) is 78.3 cm³/mol. The first-order valence-corrected chi connectivity index (χ1v) is 7.34. The van der Waals surface area contributed by atoms with Crippen molar-refractivity contribution in [3.8, 4) is 11.5 Å². The number of aromatic nitrogens is 3. The summed E-state index contributed by atoms with van der Waals surface area (Å²) in [6, 6.07) is 1.77. The third-order valence-electron chi connectivity index (χ3n) is 4.14. The maximum absolute atomic E-state index is 5.79. The predicted octanol–water partition coefficient (Wildman–Crippen LogP) is 2.91. The van der Waals surface area contributed by atoms with Crippen LogP contribution in [0.4, 0.5) is 5.69 Å².